The lowest BCUT2D eigenvalue weighted by Crippen LogP contribution is -2.01. The molecule has 0 saturated carbocycles. The Kier molecular flexibility index (Phi) is 3.53. The Balaban J connectivity index is 2.21. The van der Waals surface area contributed by atoms with Crippen molar-refractivity contribution in [2.24, 2.45) is 0 Å². The fraction of sp³-hybridized carbons (Fsp3) is 0.0588. The summed E-state index contributed by atoms with van der Waals surface area (Å²) in [7, 11) is 0. The number of hydrogen-bond acceptors (Lipinski definition) is 0. The molecule has 3 aromatic carbocycles. The first-order valence-electron chi connectivity index (χ1n) is 6.24. The molecule has 100 valence electrons. The molecule has 0 nitrogen and oxygen atoms in total. The predicted octanol–water partition coefficient (Wildman–Crippen LogP) is 5.60. The first-order valence-corrected chi connectivity index (χ1v) is 7.15. The predicted molar refractivity (Wildman–Crippen MR) is 81.1 cm³/mol. The van der Waals surface area contributed by atoms with Crippen LogP contribution in [0.1, 0.15) is 16.0 Å². The Bertz CT molecular complexity index is 742. The van der Waals surface area contributed by atoms with Gasteiger partial charge in [0.15, 0.2) is 0 Å². The van der Waals surface area contributed by atoms with E-state index >= 15 is 0 Å². The Morgan fingerprint density at radius 2 is 1.35 bits per heavy atom. The van der Waals surface area contributed by atoms with Crippen LogP contribution in [0.15, 0.2) is 60.7 Å². The minimum absolute atomic E-state index is 0.0452. The highest BCUT2D eigenvalue weighted by molar-refractivity contribution is 9.09. The molecule has 0 heterocycles. The van der Waals surface area contributed by atoms with Crippen LogP contribution in [0.5, 0.6) is 0 Å². The molecule has 0 aromatic heterocycles. The molecule has 3 aromatic rings. The van der Waals surface area contributed by atoms with Crippen molar-refractivity contribution < 1.29 is 8.78 Å². The summed E-state index contributed by atoms with van der Waals surface area (Å²) in [6.07, 6.45) is 0. The van der Waals surface area contributed by atoms with Crippen LogP contribution >= 0.6 is 15.9 Å². The van der Waals surface area contributed by atoms with E-state index in [0.717, 1.165) is 16.3 Å². The van der Waals surface area contributed by atoms with Crippen LogP contribution in [0.3, 0.4) is 0 Å². The van der Waals surface area contributed by atoms with E-state index in [1.54, 1.807) is 0 Å². The van der Waals surface area contributed by atoms with Gasteiger partial charge in [0.1, 0.15) is 11.6 Å². The molecule has 0 aliphatic heterocycles. The zero-order chi connectivity index (χ0) is 14.1. The normalized spacial score (nSPS) is 12.6. The van der Waals surface area contributed by atoms with E-state index in [1.165, 1.54) is 18.2 Å². The third-order valence-corrected chi connectivity index (χ3v) is 4.30. The van der Waals surface area contributed by atoms with Crippen LogP contribution in [-0.2, 0) is 0 Å². The van der Waals surface area contributed by atoms with E-state index in [4.69, 9.17) is 0 Å². The molecule has 20 heavy (non-hydrogen) atoms. The summed E-state index contributed by atoms with van der Waals surface area (Å²) in [5, 5.41) is 2.03. The molecule has 0 aliphatic carbocycles. The molecule has 0 aliphatic rings. The fourth-order valence-electron chi connectivity index (χ4n) is 2.38. The highest BCUT2D eigenvalue weighted by atomic mass is 79.9. The second kappa shape index (κ2) is 5.33. The van der Waals surface area contributed by atoms with Gasteiger partial charge in [0.05, 0.1) is 4.83 Å². The zero-order valence-corrected chi connectivity index (χ0v) is 12.1. The molecule has 0 radical (unpaired) electrons. The Hall–Kier alpha value is -1.74. The minimum atomic E-state index is -0.542. The van der Waals surface area contributed by atoms with Crippen LogP contribution in [0.4, 0.5) is 8.78 Å². The summed E-state index contributed by atoms with van der Waals surface area (Å²) in [4.78, 5) is -0.519. The van der Waals surface area contributed by atoms with Crippen molar-refractivity contribution in [2.75, 3.05) is 0 Å². The molecule has 0 spiro atoms. The summed E-state index contributed by atoms with van der Waals surface area (Å²) < 4.78 is 27.8. The second-order valence-electron chi connectivity index (χ2n) is 4.57. The average Bonchev–Trinajstić information content (AvgIpc) is 2.46. The standard InChI is InChI=1S/C17H11BrF2/c18-17(16-14(19)9-4-10-15(16)20)13-8-3-6-11-5-1-2-7-12(11)13/h1-10,17H. The van der Waals surface area contributed by atoms with Gasteiger partial charge >= 0.3 is 0 Å². The Morgan fingerprint density at radius 1 is 0.750 bits per heavy atom. The van der Waals surface area contributed by atoms with E-state index in [2.05, 4.69) is 15.9 Å². The third-order valence-electron chi connectivity index (χ3n) is 3.35. The Morgan fingerprint density at radius 3 is 2.10 bits per heavy atom. The highest BCUT2D eigenvalue weighted by Gasteiger charge is 2.20. The maximum atomic E-state index is 13.9. The molecular weight excluding hydrogens is 322 g/mol. The molecule has 3 heteroatoms. The van der Waals surface area contributed by atoms with Gasteiger partial charge in [-0.15, -0.1) is 0 Å². The average molecular weight is 333 g/mol. The van der Waals surface area contributed by atoms with Crippen LogP contribution in [0.25, 0.3) is 10.8 Å². The van der Waals surface area contributed by atoms with Gasteiger partial charge in [0, 0.05) is 5.56 Å². The van der Waals surface area contributed by atoms with Crippen molar-refractivity contribution in [3.05, 3.63) is 83.4 Å². The van der Waals surface area contributed by atoms with Crippen molar-refractivity contribution in [2.45, 2.75) is 4.83 Å². The number of rotatable bonds is 2. The maximum Gasteiger partial charge on any atom is 0.130 e. The van der Waals surface area contributed by atoms with E-state index in [9.17, 15) is 8.78 Å². The SMILES string of the molecule is Fc1cccc(F)c1C(Br)c1cccc2ccccc12. The van der Waals surface area contributed by atoms with Gasteiger partial charge in [0.2, 0.25) is 0 Å². The molecule has 1 atom stereocenters. The van der Waals surface area contributed by atoms with Crippen molar-refractivity contribution in [1.29, 1.82) is 0 Å². The molecule has 0 amide bonds. The minimum Gasteiger partial charge on any atom is -0.207 e. The van der Waals surface area contributed by atoms with Gasteiger partial charge in [-0.3, -0.25) is 0 Å². The largest absolute Gasteiger partial charge is 0.207 e. The van der Waals surface area contributed by atoms with E-state index in [0.29, 0.717) is 0 Å². The van der Waals surface area contributed by atoms with Gasteiger partial charge in [-0.1, -0.05) is 64.5 Å². The summed E-state index contributed by atoms with van der Waals surface area (Å²) in [6.45, 7) is 0. The quantitative estimate of drug-likeness (QED) is 0.535. The van der Waals surface area contributed by atoms with E-state index in [-0.39, 0.29) is 5.56 Å². The number of fused-ring (bicyclic) bond motifs is 1. The lowest BCUT2D eigenvalue weighted by molar-refractivity contribution is 0.561. The monoisotopic (exact) mass is 332 g/mol. The van der Waals surface area contributed by atoms with Gasteiger partial charge < -0.3 is 0 Å². The van der Waals surface area contributed by atoms with Crippen LogP contribution < -0.4 is 0 Å². The van der Waals surface area contributed by atoms with Crippen molar-refractivity contribution in [3.63, 3.8) is 0 Å². The molecule has 3 rings (SSSR count). The summed E-state index contributed by atoms with van der Waals surface area (Å²) in [6, 6.07) is 17.5. The topological polar surface area (TPSA) is 0 Å². The molecule has 1 unspecified atom stereocenters. The first kappa shape index (κ1) is 13.3. The smallest absolute Gasteiger partial charge is 0.130 e. The van der Waals surface area contributed by atoms with Crippen molar-refractivity contribution in [1.82, 2.24) is 0 Å². The lowest BCUT2D eigenvalue weighted by Gasteiger charge is -2.15. The van der Waals surface area contributed by atoms with Crippen LogP contribution in [0, 0.1) is 11.6 Å². The van der Waals surface area contributed by atoms with Gasteiger partial charge in [-0.05, 0) is 28.5 Å². The first-order chi connectivity index (χ1) is 9.68. The molecule has 0 N–H and O–H groups in total. The fourth-order valence-corrected chi connectivity index (χ4v) is 3.22. The highest BCUT2D eigenvalue weighted by Crippen LogP contribution is 2.37. The van der Waals surface area contributed by atoms with Crippen molar-refractivity contribution >= 4 is 26.7 Å². The van der Waals surface area contributed by atoms with E-state index in [1.807, 2.05) is 42.5 Å². The Labute approximate surface area is 124 Å². The zero-order valence-electron chi connectivity index (χ0n) is 10.5. The second-order valence-corrected chi connectivity index (χ2v) is 5.48. The van der Waals surface area contributed by atoms with Crippen LogP contribution in [0.2, 0.25) is 0 Å². The third kappa shape index (κ3) is 2.22. The van der Waals surface area contributed by atoms with E-state index < -0.39 is 16.5 Å². The molecule has 0 saturated heterocycles. The van der Waals surface area contributed by atoms with Gasteiger partial charge in [-0.2, -0.15) is 0 Å². The molecular formula is C17H11BrF2. The number of alkyl halides is 1. The van der Waals surface area contributed by atoms with Gasteiger partial charge in [-0.25, -0.2) is 8.78 Å². The number of hydrogen-bond donors (Lipinski definition) is 0. The number of halogens is 3. The summed E-state index contributed by atoms with van der Waals surface area (Å²) in [5.41, 5.74) is 0.899. The molecule has 0 bridgehead atoms. The summed E-state index contributed by atoms with van der Waals surface area (Å²) in [5.74, 6) is -1.08. The number of benzene rings is 3. The van der Waals surface area contributed by atoms with Gasteiger partial charge in [0.25, 0.3) is 0 Å². The van der Waals surface area contributed by atoms with Crippen molar-refractivity contribution in [3.8, 4) is 0 Å². The molecule has 0 fully saturated rings. The summed E-state index contributed by atoms with van der Waals surface area (Å²) >= 11 is 3.44. The maximum absolute atomic E-state index is 13.9. The van der Waals surface area contributed by atoms with Crippen LogP contribution in [-0.4, -0.2) is 0 Å². The lowest BCUT2D eigenvalue weighted by atomic mass is 9.98.